The van der Waals surface area contributed by atoms with Gasteiger partial charge in [0.1, 0.15) is 0 Å². The van der Waals surface area contributed by atoms with Crippen LogP contribution in [-0.2, 0) is 0 Å². The summed E-state index contributed by atoms with van der Waals surface area (Å²) < 4.78 is 7.09. The fraction of sp³-hybridized carbons (Fsp3) is 0. The molecule has 2 aromatic carbocycles. The highest BCUT2D eigenvalue weighted by molar-refractivity contribution is 7.38. The van der Waals surface area contributed by atoms with E-state index in [-0.39, 0.29) is 0 Å². The second-order valence-corrected chi connectivity index (χ2v) is 10.5. The molecule has 4 aromatic heterocycles. The topological polar surface area (TPSA) is 0 Å². The molecule has 0 unspecified atom stereocenters. The lowest BCUT2D eigenvalue weighted by atomic mass is 10.1. The van der Waals surface area contributed by atoms with Crippen molar-refractivity contribution in [2.75, 3.05) is 0 Å². The van der Waals surface area contributed by atoms with E-state index in [1.165, 1.54) is 49.4 Å². The largest absolute Gasteiger partial charge is 0.141 e. The van der Waals surface area contributed by atoms with Crippen molar-refractivity contribution in [2.24, 2.45) is 0 Å². The standard InChI is InChI=1S/C22H12S4/c1-2-4-14-11-19-15(9-13(14)3-1)10-16(24-19)5-6-17-12-20-22(25-17)21-18(26-20)7-8-23-21/h1-12H/b6-5+. The number of hydrogen-bond acceptors (Lipinski definition) is 4. The van der Waals surface area contributed by atoms with E-state index >= 15 is 0 Å². The van der Waals surface area contributed by atoms with Gasteiger partial charge in [0.05, 0.1) is 9.40 Å². The Kier molecular flexibility index (Phi) is 3.35. The first-order valence-corrected chi connectivity index (χ1v) is 11.7. The normalized spacial score (nSPS) is 12.5. The van der Waals surface area contributed by atoms with Crippen molar-refractivity contribution < 1.29 is 0 Å². The highest BCUT2D eigenvalue weighted by Crippen LogP contribution is 2.42. The summed E-state index contributed by atoms with van der Waals surface area (Å²) in [6.45, 7) is 0. The molecule has 0 saturated carbocycles. The van der Waals surface area contributed by atoms with Gasteiger partial charge < -0.3 is 0 Å². The summed E-state index contributed by atoms with van der Waals surface area (Å²) in [6.07, 6.45) is 4.53. The van der Waals surface area contributed by atoms with E-state index in [2.05, 4.69) is 72.1 Å². The lowest BCUT2D eigenvalue weighted by molar-refractivity contribution is 1.81. The second kappa shape index (κ2) is 5.76. The van der Waals surface area contributed by atoms with Crippen molar-refractivity contribution in [3.8, 4) is 0 Å². The quantitative estimate of drug-likeness (QED) is 0.271. The van der Waals surface area contributed by atoms with Gasteiger partial charge >= 0.3 is 0 Å². The molecule has 4 heteroatoms. The molecule has 4 heterocycles. The van der Waals surface area contributed by atoms with Gasteiger partial charge in [-0.2, -0.15) is 0 Å². The van der Waals surface area contributed by atoms with Crippen molar-refractivity contribution in [2.45, 2.75) is 0 Å². The number of rotatable bonds is 2. The zero-order valence-corrected chi connectivity index (χ0v) is 16.8. The van der Waals surface area contributed by atoms with Gasteiger partial charge in [-0.1, -0.05) is 24.3 Å². The molecular formula is C22H12S4. The minimum absolute atomic E-state index is 1.31. The first-order valence-electron chi connectivity index (χ1n) is 8.33. The lowest BCUT2D eigenvalue weighted by Crippen LogP contribution is -1.70. The van der Waals surface area contributed by atoms with Gasteiger partial charge in [-0.3, -0.25) is 0 Å². The zero-order chi connectivity index (χ0) is 17.1. The molecular weight excluding hydrogens is 393 g/mol. The van der Waals surface area contributed by atoms with Gasteiger partial charge in [-0.05, 0) is 64.0 Å². The first kappa shape index (κ1) is 15.1. The molecule has 0 nitrogen and oxygen atoms in total. The molecule has 6 aromatic rings. The third kappa shape index (κ3) is 2.37. The Balaban J connectivity index is 1.40. The minimum atomic E-state index is 1.31. The molecule has 0 spiro atoms. The van der Waals surface area contributed by atoms with Crippen molar-refractivity contribution in [3.63, 3.8) is 0 Å². The van der Waals surface area contributed by atoms with Crippen LogP contribution in [0.2, 0.25) is 0 Å². The molecule has 0 fully saturated rings. The fourth-order valence-electron chi connectivity index (χ4n) is 3.36. The van der Waals surface area contributed by atoms with E-state index in [0.717, 1.165) is 0 Å². The van der Waals surface area contributed by atoms with Gasteiger partial charge in [-0.25, -0.2) is 0 Å². The highest BCUT2D eigenvalue weighted by Gasteiger charge is 2.09. The third-order valence-electron chi connectivity index (χ3n) is 4.59. The zero-order valence-electron chi connectivity index (χ0n) is 13.6. The molecule has 0 radical (unpaired) electrons. The van der Waals surface area contributed by atoms with Gasteiger partial charge in [0.2, 0.25) is 0 Å². The predicted octanol–water partition coefficient (Wildman–Crippen LogP) is 8.72. The van der Waals surface area contributed by atoms with E-state index in [9.17, 15) is 0 Å². The van der Waals surface area contributed by atoms with Crippen LogP contribution in [0, 0.1) is 0 Å². The van der Waals surface area contributed by atoms with E-state index in [1.807, 2.05) is 45.3 Å². The van der Waals surface area contributed by atoms with Gasteiger partial charge in [0.15, 0.2) is 0 Å². The maximum atomic E-state index is 2.33. The molecule has 0 saturated heterocycles. The Morgan fingerprint density at radius 3 is 2.27 bits per heavy atom. The summed E-state index contributed by atoms with van der Waals surface area (Å²) in [5, 5.41) is 6.15. The molecule has 6 rings (SSSR count). The summed E-state index contributed by atoms with van der Waals surface area (Å²) in [7, 11) is 0. The Hall–Kier alpha value is -1.98. The Morgan fingerprint density at radius 2 is 1.38 bits per heavy atom. The summed E-state index contributed by atoms with van der Waals surface area (Å²) in [6, 6.07) is 20.1. The molecule has 0 amide bonds. The van der Waals surface area contributed by atoms with E-state index in [4.69, 9.17) is 0 Å². The summed E-state index contributed by atoms with van der Waals surface area (Å²) in [4.78, 5) is 2.65. The number of thiophene rings is 4. The van der Waals surface area contributed by atoms with Crippen molar-refractivity contribution in [1.82, 2.24) is 0 Å². The van der Waals surface area contributed by atoms with Crippen LogP contribution in [0.15, 0.2) is 60.0 Å². The molecule has 26 heavy (non-hydrogen) atoms. The number of hydrogen-bond donors (Lipinski definition) is 0. The fourth-order valence-corrected chi connectivity index (χ4v) is 8.04. The number of benzene rings is 2. The molecule has 0 bridgehead atoms. The highest BCUT2D eigenvalue weighted by atomic mass is 32.1. The van der Waals surface area contributed by atoms with Crippen LogP contribution in [0.3, 0.4) is 0 Å². The van der Waals surface area contributed by atoms with Crippen LogP contribution in [0.4, 0.5) is 0 Å². The van der Waals surface area contributed by atoms with Crippen LogP contribution in [-0.4, -0.2) is 0 Å². The summed E-state index contributed by atoms with van der Waals surface area (Å²) in [5.41, 5.74) is 0. The predicted molar refractivity (Wildman–Crippen MR) is 123 cm³/mol. The van der Waals surface area contributed by atoms with Crippen LogP contribution < -0.4 is 0 Å². The molecule has 0 aliphatic heterocycles. The van der Waals surface area contributed by atoms with Crippen LogP contribution in [0.5, 0.6) is 0 Å². The average Bonchev–Trinajstić information content (AvgIpc) is 3.38. The van der Waals surface area contributed by atoms with Gasteiger partial charge in [-0.15, -0.1) is 45.3 Å². The molecule has 0 atom stereocenters. The Morgan fingerprint density at radius 1 is 0.577 bits per heavy atom. The van der Waals surface area contributed by atoms with Crippen molar-refractivity contribution in [3.05, 3.63) is 69.7 Å². The van der Waals surface area contributed by atoms with Crippen LogP contribution in [0.25, 0.3) is 51.8 Å². The van der Waals surface area contributed by atoms with Crippen molar-refractivity contribution in [1.29, 1.82) is 0 Å². The van der Waals surface area contributed by atoms with E-state index < -0.39 is 0 Å². The SMILES string of the molecule is C(=C\c1cc2sc3ccsc3c2s1)/c1cc2cc3ccccc3cc2s1. The summed E-state index contributed by atoms with van der Waals surface area (Å²) >= 11 is 7.53. The maximum Gasteiger partial charge on any atom is 0.0635 e. The van der Waals surface area contributed by atoms with Crippen LogP contribution in [0.1, 0.15) is 9.75 Å². The maximum absolute atomic E-state index is 2.33. The van der Waals surface area contributed by atoms with Gasteiger partial charge in [0.25, 0.3) is 0 Å². The van der Waals surface area contributed by atoms with E-state index in [1.54, 1.807) is 0 Å². The van der Waals surface area contributed by atoms with Gasteiger partial charge in [0, 0.05) is 23.9 Å². The molecule has 124 valence electrons. The second-order valence-electron chi connectivity index (χ2n) is 6.28. The molecule has 0 aliphatic carbocycles. The molecule has 0 N–H and O–H groups in total. The minimum Gasteiger partial charge on any atom is -0.141 e. The monoisotopic (exact) mass is 404 g/mol. The van der Waals surface area contributed by atoms with E-state index in [0.29, 0.717) is 0 Å². The van der Waals surface area contributed by atoms with Crippen LogP contribution >= 0.6 is 45.3 Å². The Labute approximate surface area is 166 Å². The average molecular weight is 405 g/mol. The smallest absolute Gasteiger partial charge is 0.0635 e. The first-order chi connectivity index (χ1) is 12.8. The lowest BCUT2D eigenvalue weighted by Gasteiger charge is -1.96. The van der Waals surface area contributed by atoms with Crippen molar-refractivity contribution >= 4 is 97.2 Å². The number of fused-ring (bicyclic) bond motifs is 5. The third-order valence-corrected chi connectivity index (χ3v) is 9.19. The molecule has 0 aliphatic rings. The Bertz CT molecular complexity index is 1380. The summed E-state index contributed by atoms with van der Waals surface area (Å²) in [5.74, 6) is 0.